The van der Waals surface area contributed by atoms with Crippen molar-refractivity contribution in [1.29, 1.82) is 0 Å². The summed E-state index contributed by atoms with van der Waals surface area (Å²) in [6.45, 7) is 0. The normalized spacial score (nSPS) is 13.7. The average molecular weight is 705 g/mol. The largest absolute Gasteiger partial charge is 0.314 e. The van der Waals surface area contributed by atoms with Gasteiger partial charge in [0.25, 0.3) is 0 Å². The zero-order chi connectivity index (χ0) is 36.6. The van der Waals surface area contributed by atoms with Crippen LogP contribution in [0.3, 0.4) is 0 Å². The lowest BCUT2D eigenvalue weighted by atomic mass is 9.92. The van der Waals surface area contributed by atoms with Crippen LogP contribution in [0.5, 0.6) is 0 Å². The van der Waals surface area contributed by atoms with Gasteiger partial charge >= 0.3 is 0 Å². The molecule has 2 aliphatic rings. The molecule has 0 saturated heterocycles. The number of benzene rings is 7. The molecule has 0 N–H and O–H groups in total. The topological polar surface area (TPSA) is 8.17 Å². The number of para-hydroxylation sites is 2. The predicted molar refractivity (Wildman–Crippen MR) is 234 cm³/mol. The van der Waals surface area contributed by atoms with Gasteiger partial charge in [0.2, 0.25) is 0 Å². The van der Waals surface area contributed by atoms with Gasteiger partial charge in [-0.2, -0.15) is 0 Å². The lowest BCUT2D eigenvalue weighted by Crippen LogP contribution is -2.18. The van der Waals surface area contributed by atoms with Gasteiger partial charge in [0.15, 0.2) is 0 Å². The van der Waals surface area contributed by atoms with Gasteiger partial charge in [-0.25, -0.2) is 0 Å². The lowest BCUT2D eigenvalue weighted by Gasteiger charge is -2.32. The predicted octanol–water partition coefficient (Wildman–Crippen LogP) is 14.1. The van der Waals surface area contributed by atoms with Crippen LogP contribution in [0, 0.1) is 0 Å². The number of aromatic nitrogens is 1. The third-order valence-corrected chi connectivity index (χ3v) is 11.1. The molecule has 2 nitrogen and oxygen atoms in total. The van der Waals surface area contributed by atoms with Crippen molar-refractivity contribution in [2.75, 3.05) is 4.90 Å². The van der Waals surface area contributed by atoms with Crippen molar-refractivity contribution in [3.63, 3.8) is 0 Å². The van der Waals surface area contributed by atoms with E-state index in [2.05, 4.69) is 216 Å². The van der Waals surface area contributed by atoms with Gasteiger partial charge in [0, 0.05) is 51.1 Å². The van der Waals surface area contributed by atoms with Gasteiger partial charge in [-0.1, -0.05) is 164 Å². The molecule has 1 aromatic heterocycles. The van der Waals surface area contributed by atoms with E-state index in [1.807, 2.05) is 0 Å². The minimum Gasteiger partial charge on any atom is -0.314 e. The van der Waals surface area contributed by atoms with Gasteiger partial charge in [-0.15, -0.1) is 0 Å². The maximum Gasteiger partial charge on any atom is 0.0622 e. The molecule has 55 heavy (non-hydrogen) atoms. The second-order valence-electron chi connectivity index (χ2n) is 14.4. The molecule has 2 aliphatic carbocycles. The summed E-state index contributed by atoms with van der Waals surface area (Å²) in [6, 6.07) is 61.8. The van der Waals surface area contributed by atoms with Crippen molar-refractivity contribution in [1.82, 2.24) is 4.57 Å². The zero-order valence-electron chi connectivity index (χ0n) is 30.6. The SMILES string of the molecule is C1=CCc2c(c3c(-c4cccc(N(C5=CC=C(c6ccccc6)CC5)c5ccccc5-c5ccccc5)c4)cc4ccccc4c3n2-c2ccccc2)C=C1. The van der Waals surface area contributed by atoms with Gasteiger partial charge in [0.1, 0.15) is 0 Å². The molecule has 0 spiro atoms. The Bertz CT molecular complexity index is 2820. The fourth-order valence-electron chi connectivity index (χ4n) is 8.62. The molecule has 7 aromatic carbocycles. The Hall–Kier alpha value is -6.90. The zero-order valence-corrected chi connectivity index (χ0v) is 30.6. The number of hydrogen-bond donors (Lipinski definition) is 0. The Morgan fingerprint density at radius 1 is 0.527 bits per heavy atom. The maximum atomic E-state index is 2.51. The Morgan fingerprint density at radius 2 is 1.24 bits per heavy atom. The number of anilines is 2. The van der Waals surface area contributed by atoms with E-state index >= 15 is 0 Å². The van der Waals surface area contributed by atoms with Crippen LogP contribution < -0.4 is 4.90 Å². The van der Waals surface area contributed by atoms with E-state index < -0.39 is 0 Å². The molecular formula is C53H40N2. The van der Waals surface area contributed by atoms with Crippen molar-refractivity contribution >= 4 is 44.7 Å². The minimum atomic E-state index is 0.858. The molecule has 0 atom stereocenters. The number of hydrogen-bond acceptors (Lipinski definition) is 1. The van der Waals surface area contributed by atoms with Crippen LogP contribution in [-0.2, 0) is 6.42 Å². The molecule has 0 saturated carbocycles. The van der Waals surface area contributed by atoms with Crippen molar-refractivity contribution in [3.05, 3.63) is 223 Å². The number of nitrogens with zero attached hydrogens (tertiary/aromatic N) is 2. The minimum absolute atomic E-state index is 0.858. The molecule has 8 aromatic rings. The molecule has 1 heterocycles. The fourth-order valence-corrected chi connectivity index (χ4v) is 8.62. The van der Waals surface area contributed by atoms with Gasteiger partial charge in [-0.05, 0) is 88.5 Å². The summed E-state index contributed by atoms with van der Waals surface area (Å²) < 4.78 is 2.51. The first-order valence-corrected chi connectivity index (χ1v) is 19.3. The van der Waals surface area contributed by atoms with E-state index in [9.17, 15) is 0 Å². The van der Waals surface area contributed by atoms with Gasteiger partial charge in [0.05, 0.1) is 11.2 Å². The summed E-state index contributed by atoms with van der Waals surface area (Å²) >= 11 is 0. The van der Waals surface area contributed by atoms with E-state index in [-0.39, 0.29) is 0 Å². The number of allylic oxidation sites excluding steroid dienone is 7. The monoisotopic (exact) mass is 704 g/mol. The molecule has 0 bridgehead atoms. The second kappa shape index (κ2) is 14.2. The Morgan fingerprint density at radius 3 is 2.04 bits per heavy atom. The molecular weight excluding hydrogens is 665 g/mol. The molecule has 0 amide bonds. The van der Waals surface area contributed by atoms with E-state index in [0.29, 0.717) is 0 Å². The van der Waals surface area contributed by atoms with Crippen molar-refractivity contribution in [3.8, 4) is 27.9 Å². The first kappa shape index (κ1) is 32.7. The molecule has 10 rings (SSSR count). The maximum absolute atomic E-state index is 2.51. The fraction of sp³-hybridized carbons (Fsp3) is 0.0566. The summed E-state index contributed by atoms with van der Waals surface area (Å²) in [5.41, 5.74) is 16.2. The van der Waals surface area contributed by atoms with Crippen LogP contribution >= 0.6 is 0 Å². The molecule has 262 valence electrons. The number of rotatable bonds is 7. The standard InChI is InChI=1S/C53H40N2/c1-5-18-38(19-6-1)39-32-34-44(35-33-39)54(50-31-16-15-27-46(50)40-20-7-2-8-21-40)45-26-17-23-41(36-45)49-37-42-22-13-14-28-47(42)53-52(49)48-29-11-4-12-30-51(48)55(53)43-24-9-3-10-25-43/h1-29,31-32,34,36-37H,30,33,35H2. The lowest BCUT2D eigenvalue weighted by molar-refractivity contribution is 0.930. The summed E-state index contributed by atoms with van der Waals surface area (Å²) in [6.07, 6.45) is 16.4. The highest BCUT2D eigenvalue weighted by molar-refractivity contribution is 6.17. The van der Waals surface area contributed by atoms with Crippen molar-refractivity contribution in [2.24, 2.45) is 0 Å². The summed E-state index contributed by atoms with van der Waals surface area (Å²) in [5.74, 6) is 0. The molecule has 0 unspecified atom stereocenters. The molecule has 0 radical (unpaired) electrons. The van der Waals surface area contributed by atoms with E-state index in [1.165, 1.54) is 83.4 Å². The van der Waals surface area contributed by atoms with E-state index in [1.54, 1.807) is 0 Å². The Balaban J connectivity index is 1.21. The highest BCUT2D eigenvalue weighted by atomic mass is 15.2. The Kier molecular flexibility index (Phi) is 8.42. The quantitative estimate of drug-likeness (QED) is 0.160. The van der Waals surface area contributed by atoms with Crippen molar-refractivity contribution < 1.29 is 0 Å². The first-order chi connectivity index (χ1) is 27.3. The summed E-state index contributed by atoms with van der Waals surface area (Å²) in [7, 11) is 0. The molecule has 0 aliphatic heterocycles. The first-order valence-electron chi connectivity index (χ1n) is 19.3. The van der Waals surface area contributed by atoms with Crippen LogP contribution in [0.1, 0.15) is 29.7 Å². The second-order valence-corrected chi connectivity index (χ2v) is 14.4. The van der Waals surface area contributed by atoms with Crippen LogP contribution in [-0.4, -0.2) is 4.57 Å². The smallest absolute Gasteiger partial charge is 0.0622 e. The average Bonchev–Trinajstić information content (AvgIpc) is 3.39. The van der Waals surface area contributed by atoms with Gasteiger partial charge in [-0.3, -0.25) is 0 Å². The highest BCUT2D eigenvalue weighted by Crippen LogP contribution is 2.46. The summed E-state index contributed by atoms with van der Waals surface area (Å²) in [4.78, 5) is 2.50. The van der Waals surface area contributed by atoms with Gasteiger partial charge < -0.3 is 9.47 Å². The van der Waals surface area contributed by atoms with Crippen LogP contribution in [0.4, 0.5) is 11.4 Å². The third-order valence-electron chi connectivity index (χ3n) is 11.1. The van der Waals surface area contributed by atoms with Crippen molar-refractivity contribution in [2.45, 2.75) is 19.3 Å². The molecule has 2 heteroatoms. The Labute approximate surface area is 323 Å². The summed E-state index contributed by atoms with van der Waals surface area (Å²) in [5, 5.41) is 3.79. The molecule has 0 fully saturated rings. The highest BCUT2D eigenvalue weighted by Gasteiger charge is 2.25. The van der Waals surface area contributed by atoms with Crippen LogP contribution in [0.25, 0.3) is 61.3 Å². The van der Waals surface area contributed by atoms with Crippen LogP contribution in [0.15, 0.2) is 206 Å². The van der Waals surface area contributed by atoms with E-state index in [4.69, 9.17) is 0 Å². The third kappa shape index (κ3) is 5.93. The van der Waals surface area contributed by atoms with E-state index in [0.717, 1.165) is 24.9 Å². The van der Waals surface area contributed by atoms with Crippen LogP contribution in [0.2, 0.25) is 0 Å². The number of fused-ring (bicyclic) bond motifs is 5.